The first kappa shape index (κ1) is 31.5. The summed E-state index contributed by atoms with van der Waals surface area (Å²) in [5.41, 5.74) is 6.44. The molecule has 0 radical (unpaired) electrons. The lowest BCUT2D eigenvalue weighted by molar-refractivity contribution is -0.0551. The Morgan fingerprint density at radius 1 is 0.956 bits per heavy atom. The van der Waals surface area contributed by atoms with Crippen LogP contribution in [0.2, 0.25) is 0 Å². The minimum atomic E-state index is -5.24. The minimum Gasteiger partial charge on any atom is -0.457 e. The van der Waals surface area contributed by atoms with Gasteiger partial charge in [-0.15, -0.1) is 0 Å². The predicted molar refractivity (Wildman–Crippen MR) is 149 cm³/mol. The van der Waals surface area contributed by atoms with Crippen molar-refractivity contribution in [3.05, 3.63) is 95.3 Å². The fourth-order valence-electron chi connectivity index (χ4n) is 4.62. The van der Waals surface area contributed by atoms with Crippen LogP contribution in [0.5, 0.6) is 17.2 Å². The van der Waals surface area contributed by atoms with Crippen molar-refractivity contribution in [2.45, 2.75) is 24.0 Å². The molecule has 2 heterocycles. The number of sulfonamides is 1. The summed E-state index contributed by atoms with van der Waals surface area (Å²) in [6, 6.07) is 14.7. The van der Waals surface area contributed by atoms with Gasteiger partial charge in [-0.3, -0.25) is 5.41 Å². The van der Waals surface area contributed by atoms with E-state index in [1.165, 1.54) is 0 Å². The molecule has 0 spiro atoms. The van der Waals surface area contributed by atoms with Crippen molar-refractivity contribution in [1.29, 1.82) is 5.41 Å². The Hall–Kier alpha value is -4.90. The van der Waals surface area contributed by atoms with E-state index in [9.17, 15) is 34.8 Å². The largest absolute Gasteiger partial charge is 0.457 e. The van der Waals surface area contributed by atoms with Crippen molar-refractivity contribution in [2.24, 2.45) is 0 Å². The van der Waals surface area contributed by atoms with E-state index < -0.39 is 63.1 Å². The molecule has 236 valence electrons. The van der Waals surface area contributed by atoms with Gasteiger partial charge in [0.15, 0.2) is 22.3 Å². The molecular weight excluding hydrogens is 630 g/mol. The van der Waals surface area contributed by atoms with E-state index >= 15 is 0 Å². The minimum absolute atomic E-state index is 0.0141. The van der Waals surface area contributed by atoms with E-state index in [0.29, 0.717) is 21.4 Å². The van der Waals surface area contributed by atoms with Gasteiger partial charge in [0.05, 0.1) is 11.3 Å². The Bertz CT molecular complexity index is 1850. The number of hydrogen-bond acceptors (Lipinski definition) is 9. The number of halogens is 6. The van der Waals surface area contributed by atoms with Gasteiger partial charge >= 0.3 is 6.61 Å². The van der Waals surface area contributed by atoms with Crippen LogP contribution in [0, 0.1) is 28.7 Å². The molecule has 1 atom stereocenters. The standard InChI is InChI=1S/C28H22F6N6O4S/c29-19-20(30)22(32)25(24(21(19)31)44-28(33)34)45(41,42)40-11-10-15(12-40)39-27-18(26(36)37-13-38-27)23(35)14-6-8-17(9-7-14)43-16-4-2-1-3-5-16/h1-9,13,15,28,35H,10-12H2,(H3,36,37,38,39)/t15-/m0/s1. The van der Waals surface area contributed by atoms with Crippen LogP contribution in [0.15, 0.2) is 65.8 Å². The van der Waals surface area contributed by atoms with E-state index in [1.807, 2.05) is 18.2 Å². The number of rotatable bonds is 10. The molecule has 4 N–H and O–H groups in total. The number of alkyl halides is 2. The summed E-state index contributed by atoms with van der Waals surface area (Å²) in [5.74, 6) is -10.8. The zero-order valence-corrected chi connectivity index (χ0v) is 23.6. The molecule has 1 saturated heterocycles. The molecule has 1 fully saturated rings. The normalized spacial score (nSPS) is 15.3. The molecule has 5 rings (SSSR count). The quantitative estimate of drug-likeness (QED) is 0.0907. The van der Waals surface area contributed by atoms with Crippen molar-refractivity contribution < 1.29 is 44.2 Å². The molecule has 0 aliphatic carbocycles. The number of nitrogens with zero attached hydrogens (tertiary/aromatic N) is 3. The van der Waals surface area contributed by atoms with Crippen molar-refractivity contribution in [1.82, 2.24) is 14.3 Å². The van der Waals surface area contributed by atoms with Crippen LogP contribution < -0.4 is 20.5 Å². The second-order valence-corrected chi connectivity index (χ2v) is 11.5. The van der Waals surface area contributed by atoms with Crippen LogP contribution >= 0.6 is 0 Å². The van der Waals surface area contributed by atoms with Crippen LogP contribution in [-0.2, 0) is 10.0 Å². The van der Waals surface area contributed by atoms with Crippen LogP contribution in [0.4, 0.5) is 38.0 Å². The molecule has 0 unspecified atom stereocenters. The number of ether oxygens (including phenoxy) is 2. The molecular formula is C28H22F6N6O4S. The summed E-state index contributed by atoms with van der Waals surface area (Å²) in [6.45, 7) is -4.72. The third-order valence-electron chi connectivity index (χ3n) is 6.73. The SMILES string of the molecule is N=C(c1ccc(Oc2ccccc2)cc1)c1c(N)ncnc1N[C@H]1CCN(S(=O)(=O)c2c(F)c(F)c(F)c(F)c2OC(F)F)C1. The second-order valence-electron chi connectivity index (χ2n) is 9.58. The first-order valence-electron chi connectivity index (χ1n) is 13.0. The second kappa shape index (κ2) is 12.6. The Morgan fingerprint density at radius 3 is 2.27 bits per heavy atom. The molecule has 0 bridgehead atoms. The molecule has 10 nitrogen and oxygen atoms in total. The molecule has 1 aliphatic rings. The van der Waals surface area contributed by atoms with Gasteiger partial charge in [0, 0.05) is 24.7 Å². The van der Waals surface area contributed by atoms with Crippen LogP contribution in [0.3, 0.4) is 0 Å². The van der Waals surface area contributed by atoms with Gasteiger partial charge in [-0.2, -0.15) is 17.5 Å². The van der Waals surface area contributed by atoms with E-state index in [4.69, 9.17) is 15.9 Å². The van der Waals surface area contributed by atoms with Gasteiger partial charge in [0.25, 0.3) is 0 Å². The average Bonchev–Trinajstić information content (AvgIpc) is 3.49. The van der Waals surface area contributed by atoms with Crippen LogP contribution in [0.1, 0.15) is 17.5 Å². The summed E-state index contributed by atoms with van der Waals surface area (Å²) >= 11 is 0. The smallest absolute Gasteiger partial charge is 0.387 e. The van der Waals surface area contributed by atoms with E-state index in [2.05, 4.69) is 20.0 Å². The number of anilines is 2. The van der Waals surface area contributed by atoms with E-state index in [1.54, 1.807) is 36.4 Å². The summed E-state index contributed by atoms with van der Waals surface area (Å²) in [6.07, 6.45) is 1.11. The highest BCUT2D eigenvalue weighted by Crippen LogP contribution is 2.38. The Morgan fingerprint density at radius 2 is 1.60 bits per heavy atom. The molecule has 1 aromatic heterocycles. The topological polar surface area (TPSA) is 144 Å². The highest BCUT2D eigenvalue weighted by atomic mass is 32.2. The molecule has 1 aliphatic heterocycles. The summed E-state index contributed by atoms with van der Waals surface area (Å²) in [7, 11) is -5.24. The molecule has 3 aromatic carbocycles. The summed E-state index contributed by atoms with van der Waals surface area (Å²) in [5, 5.41) is 11.7. The zero-order chi connectivity index (χ0) is 32.5. The lowest BCUT2D eigenvalue weighted by Gasteiger charge is -2.21. The van der Waals surface area contributed by atoms with E-state index in [-0.39, 0.29) is 35.9 Å². The molecule has 4 aromatic rings. The summed E-state index contributed by atoms with van der Waals surface area (Å²) < 4.78 is 119. The molecule has 17 heteroatoms. The highest BCUT2D eigenvalue weighted by Gasteiger charge is 2.41. The van der Waals surface area contributed by atoms with Gasteiger partial charge in [0.1, 0.15) is 29.5 Å². The third kappa shape index (κ3) is 6.34. The fourth-order valence-corrected chi connectivity index (χ4v) is 6.28. The van der Waals surface area contributed by atoms with Crippen LogP contribution in [0.25, 0.3) is 0 Å². The maximum Gasteiger partial charge on any atom is 0.387 e. The van der Waals surface area contributed by atoms with Crippen molar-refractivity contribution in [2.75, 3.05) is 24.1 Å². The Balaban J connectivity index is 1.37. The van der Waals surface area contributed by atoms with Gasteiger partial charge in [-0.1, -0.05) is 18.2 Å². The number of para-hydroxylation sites is 1. The van der Waals surface area contributed by atoms with Crippen molar-refractivity contribution in [3.63, 3.8) is 0 Å². The first-order valence-corrected chi connectivity index (χ1v) is 14.4. The fraction of sp³-hybridized carbons (Fsp3) is 0.179. The number of nitrogens with two attached hydrogens (primary N) is 1. The number of nitrogen functional groups attached to an aromatic ring is 1. The maximum atomic E-state index is 14.6. The third-order valence-corrected chi connectivity index (χ3v) is 8.62. The van der Waals surface area contributed by atoms with Gasteiger partial charge in [-0.05, 0) is 42.8 Å². The Kier molecular flexibility index (Phi) is 8.83. The van der Waals surface area contributed by atoms with Crippen LogP contribution in [-0.4, -0.2) is 54.1 Å². The highest BCUT2D eigenvalue weighted by molar-refractivity contribution is 7.89. The lowest BCUT2D eigenvalue weighted by atomic mass is 10.0. The average molecular weight is 653 g/mol. The number of aromatic nitrogens is 2. The zero-order valence-electron chi connectivity index (χ0n) is 22.8. The van der Waals surface area contributed by atoms with Crippen molar-refractivity contribution >= 4 is 27.4 Å². The first-order chi connectivity index (χ1) is 21.4. The van der Waals surface area contributed by atoms with E-state index in [0.717, 1.165) is 6.33 Å². The lowest BCUT2D eigenvalue weighted by Crippen LogP contribution is -2.33. The monoisotopic (exact) mass is 652 g/mol. The molecule has 0 amide bonds. The number of hydrogen-bond donors (Lipinski definition) is 3. The van der Waals surface area contributed by atoms with Gasteiger partial charge in [0.2, 0.25) is 21.7 Å². The number of benzene rings is 3. The Labute approximate surface area is 252 Å². The number of nitrogens with one attached hydrogen (secondary N) is 2. The molecule has 45 heavy (non-hydrogen) atoms. The molecule has 0 saturated carbocycles. The summed E-state index contributed by atoms with van der Waals surface area (Å²) in [4.78, 5) is 6.14. The van der Waals surface area contributed by atoms with Crippen molar-refractivity contribution in [3.8, 4) is 17.2 Å². The maximum absolute atomic E-state index is 14.6. The van der Waals surface area contributed by atoms with Gasteiger partial charge in [-0.25, -0.2) is 31.6 Å². The predicted octanol–water partition coefficient (Wildman–Crippen LogP) is 5.30. The van der Waals surface area contributed by atoms with Gasteiger partial charge < -0.3 is 20.5 Å².